The molecule has 2 aromatic heterocycles. The Bertz CT molecular complexity index is 1390. The van der Waals surface area contributed by atoms with Gasteiger partial charge in [-0.1, -0.05) is 24.3 Å². The fourth-order valence-corrected chi connectivity index (χ4v) is 4.04. The third kappa shape index (κ3) is 4.96. The van der Waals surface area contributed by atoms with Gasteiger partial charge in [0.15, 0.2) is 0 Å². The minimum atomic E-state index is -0.463. The largest absolute Gasteiger partial charge is 0.467 e. The molecule has 0 radical (unpaired) electrons. The van der Waals surface area contributed by atoms with Gasteiger partial charge in [-0.2, -0.15) is 0 Å². The van der Waals surface area contributed by atoms with Gasteiger partial charge in [-0.25, -0.2) is 8.78 Å². The van der Waals surface area contributed by atoms with Crippen LogP contribution in [-0.4, -0.2) is 0 Å². The third-order valence-electron chi connectivity index (χ3n) is 5.91. The van der Waals surface area contributed by atoms with Crippen LogP contribution in [0.15, 0.2) is 100 Å². The second kappa shape index (κ2) is 9.89. The van der Waals surface area contributed by atoms with E-state index in [0.29, 0.717) is 24.2 Å². The summed E-state index contributed by atoms with van der Waals surface area (Å²) in [4.78, 5) is 0. The Kier molecular flexibility index (Phi) is 6.35. The zero-order valence-corrected chi connectivity index (χ0v) is 19.1. The molecule has 0 spiro atoms. The predicted molar refractivity (Wildman–Crippen MR) is 134 cm³/mol. The van der Waals surface area contributed by atoms with Gasteiger partial charge in [-0.05, 0) is 78.2 Å². The molecule has 2 N–H and O–H groups in total. The number of furan rings is 2. The average Bonchev–Trinajstić information content (AvgIpc) is 3.59. The standard InChI is InChI=1S/C29H24F2N2O2/c1-19-28(21-8-12-23(13-9-21)33-18-25-5-3-15-35-25)27(30)16-26(29(19)31)20-6-10-22(11-7-20)32-17-24-4-2-14-34-24/h2-16,32-33H,17-18H2,1H3. The number of hydrogen-bond donors (Lipinski definition) is 2. The van der Waals surface area contributed by atoms with E-state index >= 15 is 8.78 Å². The summed E-state index contributed by atoms with van der Waals surface area (Å²) in [6, 6.07) is 23.2. The van der Waals surface area contributed by atoms with Crippen molar-refractivity contribution in [3.05, 3.63) is 120 Å². The summed E-state index contributed by atoms with van der Waals surface area (Å²) < 4.78 is 41.2. The molecule has 0 aliphatic carbocycles. The molecule has 0 aliphatic heterocycles. The van der Waals surface area contributed by atoms with E-state index in [4.69, 9.17) is 8.83 Å². The summed E-state index contributed by atoms with van der Waals surface area (Å²) in [7, 11) is 0. The van der Waals surface area contributed by atoms with Crippen LogP contribution in [-0.2, 0) is 13.1 Å². The van der Waals surface area contributed by atoms with Crippen LogP contribution in [0.1, 0.15) is 17.1 Å². The van der Waals surface area contributed by atoms with Crippen molar-refractivity contribution < 1.29 is 17.6 Å². The smallest absolute Gasteiger partial charge is 0.134 e. The van der Waals surface area contributed by atoms with Gasteiger partial charge in [0.1, 0.15) is 23.2 Å². The molecule has 0 fully saturated rings. The molecule has 0 unspecified atom stereocenters. The van der Waals surface area contributed by atoms with Crippen molar-refractivity contribution in [2.24, 2.45) is 0 Å². The Morgan fingerprint density at radius 1 is 0.686 bits per heavy atom. The minimum Gasteiger partial charge on any atom is -0.467 e. The highest BCUT2D eigenvalue weighted by atomic mass is 19.1. The van der Waals surface area contributed by atoms with E-state index in [1.807, 2.05) is 48.5 Å². The molecular formula is C29H24F2N2O2. The molecule has 35 heavy (non-hydrogen) atoms. The number of hydrogen-bond acceptors (Lipinski definition) is 4. The number of benzene rings is 3. The van der Waals surface area contributed by atoms with Gasteiger partial charge in [-0.3, -0.25) is 0 Å². The molecule has 0 bridgehead atoms. The van der Waals surface area contributed by atoms with Crippen LogP contribution in [0.5, 0.6) is 0 Å². The number of nitrogens with one attached hydrogen (secondary N) is 2. The highest BCUT2D eigenvalue weighted by Crippen LogP contribution is 2.35. The van der Waals surface area contributed by atoms with Gasteiger partial charge in [-0.15, -0.1) is 0 Å². The summed E-state index contributed by atoms with van der Waals surface area (Å²) in [5.74, 6) is 0.734. The third-order valence-corrected chi connectivity index (χ3v) is 5.91. The maximum Gasteiger partial charge on any atom is 0.134 e. The van der Waals surface area contributed by atoms with E-state index in [1.54, 1.807) is 43.7 Å². The van der Waals surface area contributed by atoms with Crippen LogP contribution >= 0.6 is 0 Å². The molecule has 6 heteroatoms. The second-order valence-electron chi connectivity index (χ2n) is 8.24. The molecular weight excluding hydrogens is 446 g/mol. The SMILES string of the molecule is Cc1c(F)c(-c2ccc(NCc3ccco3)cc2)cc(F)c1-c1ccc(NCc2ccco2)cc1. The summed E-state index contributed by atoms with van der Waals surface area (Å²) in [5, 5.41) is 6.49. The lowest BCUT2D eigenvalue weighted by atomic mass is 9.94. The molecule has 5 rings (SSSR count). The van der Waals surface area contributed by atoms with E-state index in [-0.39, 0.29) is 16.7 Å². The van der Waals surface area contributed by atoms with E-state index < -0.39 is 11.6 Å². The average molecular weight is 471 g/mol. The molecule has 0 saturated carbocycles. The molecule has 0 aliphatic rings. The fourth-order valence-electron chi connectivity index (χ4n) is 4.04. The lowest BCUT2D eigenvalue weighted by molar-refractivity contribution is 0.518. The van der Waals surface area contributed by atoms with Crippen molar-refractivity contribution in [3.8, 4) is 22.3 Å². The molecule has 4 nitrogen and oxygen atoms in total. The quantitative estimate of drug-likeness (QED) is 0.241. The summed E-state index contributed by atoms with van der Waals surface area (Å²) in [5.41, 5.74) is 3.72. The van der Waals surface area contributed by atoms with Gasteiger partial charge in [0, 0.05) is 22.5 Å². The maximum absolute atomic E-state index is 15.4. The first-order valence-electron chi connectivity index (χ1n) is 11.3. The van der Waals surface area contributed by atoms with Crippen LogP contribution in [0.2, 0.25) is 0 Å². The molecule has 0 amide bonds. The first-order chi connectivity index (χ1) is 17.1. The summed E-state index contributed by atoms with van der Waals surface area (Å²) >= 11 is 0. The van der Waals surface area contributed by atoms with Crippen LogP contribution in [0, 0.1) is 18.6 Å². The van der Waals surface area contributed by atoms with Crippen LogP contribution in [0.25, 0.3) is 22.3 Å². The van der Waals surface area contributed by atoms with Crippen molar-refractivity contribution in [1.82, 2.24) is 0 Å². The van der Waals surface area contributed by atoms with Crippen molar-refractivity contribution >= 4 is 11.4 Å². The highest BCUT2D eigenvalue weighted by Gasteiger charge is 2.18. The topological polar surface area (TPSA) is 50.3 Å². The monoisotopic (exact) mass is 470 g/mol. The number of rotatable bonds is 8. The van der Waals surface area contributed by atoms with Crippen molar-refractivity contribution in [2.45, 2.75) is 20.0 Å². The predicted octanol–water partition coefficient (Wildman–Crippen LogP) is 8.02. The van der Waals surface area contributed by atoms with Gasteiger partial charge < -0.3 is 19.5 Å². The highest BCUT2D eigenvalue weighted by molar-refractivity contribution is 5.76. The Morgan fingerprint density at radius 2 is 1.20 bits per heavy atom. The first kappa shape index (κ1) is 22.5. The van der Waals surface area contributed by atoms with E-state index in [1.165, 1.54) is 6.07 Å². The van der Waals surface area contributed by atoms with Gasteiger partial charge >= 0.3 is 0 Å². The molecule has 0 atom stereocenters. The lowest BCUT2D eigenvalue weighted by Crippen LogP contribution is -2.00. The Labute approximate surface area is 202 Å². The number of halogens is 2. The van der Waals surface area contributed by atoms with Crippen LogP contribution < -0.4 is 10.6 Å². The van der Waals surface area contributed by atoms with E-state index in [2.05, 4.69) is 10.6 Å². The Morgan fingerprint density at radius 3 is 1.69 bits per heavy atom. The molecule has 176 valence electrons. The molecule has 0 saturated heterocycles. The lowest BCUT2D eigenvalue weighted by Gasteiger charge is -2.14. The van der Waals surface area contributed by atoms with Crippen LogP contribution in [0.4, 0.5) is 20.2 Å². The first-order valence-corrected chi connectivity index (χ1v) is 11.3. The maximum atomic E-state index is 15.4. The van der Waals surface area contributed by atoms with Crippen LogP contribution in [0.3, 0.4) is 0 Å². The minimum absolute atomic E-state index is 0.234. The zero-order chi connectivity index (χ0) is 24.2. The van der Waals surface area contributed by atoms with Crippen molar-refractivity contribution in [1.29, 1.82) is 0 Å². The Balaban J connectivity index is 1.33. The Hall–Kier alpha value is -4.32. The second-order valence-corrected chi connectivity index (χ2v) is 8.24. The van der Waals surface area contributed by atoms with Gasteiger partial charge in [0.05, 0.1) is 25.6 Å². The molecule has 3 aromatic carbocycles. The van der Waals surface area contributed by atoms with Gasteiger partial charge in [0.2, 0.25) is 0 Å². The van der Waals surface area contributed by atoms with E-state index in [9.17, 15) is 0 Å². The molecule has 2 heterocycles. The zero-order valence-electron chi connectivity index (χ0n) is 19.1. The summed E-state index contributed by atoms with van der Waals surface area (Å²) in [6.45, 7) is 2.69. The van der Waals surface area contributed by atoms with E-state index in [0.717, 1.165) is 22.9 Å². The summed E-state index contributed by atoms with van der Waals surface area (Å²) in [6.07, 6.45) is 3.25. The molecule has 5 aromatic rings. The van der Waals surface area contributed by atoms with Crippen molar-refractivity contribution in [3.63, 3.8) is 0 Å². The van der Waals surface area contributed by atoms with Crippen molar-refractivity contribution in [2.75, 3.05) is 10.6 Å². The van der Waals surface area contributed by atoms with Gasteiger partial charge in [0.25, 0.3) is 0 Å². The normalized spacial score (nSPS) is 10.9. The number of anilines is 2. The fraction of sp³-hybridized carbons (Fsp3) is 0.103.